The third-order valence-corrected chi connectivity index (χ3v) is 5.84. The van der Waals surface area contributed by atoms with Gasteiger partial charge in [-0.1, -0.05) is 42.2 Å². The minimum absolute atomic E-state index is 0.227. The molecule has 0 spiro atoms. The fraction of sp³-hybridized carbons (Fsp3) is 0.167. The fourth-order valence-electron chi connectivity index (χ4n) is 2.40. The summed E-state index contributed by atoms with van der Waals surface area (Å²) in [5, 5.41) is 4.79. The molecule has 1 N–H and O–H groups in total. The lowest BCUT2D eigenvalue weighted by atomic mass is 10.2. The van der Waals surface area contributed by atoms with Gasteiger partial charge in [0, 0.05) is 10.6 Å². The van der Waals surface area contributed by atoms with Crippen LogP contribution in [0.2, 0.25) is 0 Å². The minimum Gasteiger partial charge on any atom is -0.324 e. The van der Waals surface area contributed by atoms with Crippen molar-refractivity contribution >= 4 is 63.2 Å². The van der Waals surface area contributed by atoms with Crippen LogP contribution in [0.25, 0.3) is 6.08 Å². The molecule has 0 aliphatic carbocycles. The molecular weight excluding hydrogens is 372 g/mol. The summed E-state index contributed by atoms with van der Waals surface area (Å²) >= 11 is 8.10. The molecule has 25 heavy (non-hydrogen) atoms. The van der Waals surface area contributed by atoms with Crippen molar-refractivity contribution in [3.05, 3.63) is 57.1 Å². The number of nitrogens with one attached hydrogen (secondary N) is 1. The van der Waals surface area contributed by atoms with Crippen LogP contribution in [0, 0.1) is 6.92 Å². The Hall–Kier alpha value is -1.96. The highest BCUT2D eigenvalue weighted by Crippen LogP contribution is 2.34. The summed E-state index contributed by atoms with van der Waals surface area (Å²) in [7, 11) is 0. The van der Waals surface area contributed by atoms with E-state index in [1.165, 1.54) is 16.7 Å². The molecule has 1 aliphatic rings. The maximum absolute atomic E-state index is 12.7. The smallest absolute Gasteiger partial charge is 0.266 e. The van der Waals surface area contributed by atoms with Crippen molar-refractivity contribution in [1.29, 1.82) is 0 Å². The first kappa shape index (κ1) is 17.8. The second-order valence-corrected chi connectivity index (χ2v) is 8.26. The largest absolute Gasteiger partial charge is 0.324 e. The number of amides is 2. The SMILES string of the molecule is Cc1cccc(NC(=O)C(C)N2C(=O)/C(=C/c3cccs3)SC2=S)c1. The molecular formula is C18H16N2O2S3. The molecule has 7 heteroatoms. The molecule has 0 saturated carbocycles. The number of carbonyl (C=O) groups excluding carboxylic acids is 2. The third-order valence-electron chi connectivity index (χ3n) is 3.69. The van der Waals surface area contributed by atoms with Gasteiger partial charge >= 0.3 is 0 Å². The fourth-order valence-corrected chi connectivity index (χ4v) is 4.54. The quantitative estimate of drug-likeness (QED) is 0.627. The minimum atomic E-state index is -0.678. The van der Waals surface area contributed by atoms with Gasteiger partial charge in [-0.3, -0.25) is 14.5 Å². The van der Waals surface area contributed by atoms with Crippen molar-refractivity contribution in [2.24, 2.45) is 0 Å². The molecule has 1 aliphatic heterocycles. The number of benzene rings is 1. The molecule has 1 saturated heterocycles. The van der Waals surface area contributed by atoms with E-state index < -0.39 is 6.04 Å². The van der Waals surface area contributed by atoms with Gasteiger partial charge in [0.25, 0.3) is 5.91 Å². The molecule has 128 valence electrons. The lowest BCUT2D eigenvalue weighted by Crippen LogP contribution is -2.44. The Morgan fingerprint density at radius 3 is 2.80 bits per heavy atom. The van der Waals surface area contributed by atoms with Gasteiger partial charge in [-0.05, 0) is 49.1 Å². The lowest BCUT2D eigenvalue weighted by Gasteiger charge is -2.22. The number of thioether (sulfide) groups is 1. The molecule has 2 aromatic rings. The highest BCUT2D eigenvalue weighted by molar-refractivity contribution is 8.26. The molecule has 0 bridgehead atoms. The van der Waals surface area contributed by atoms with Gasteiger partial charge in [0.2, 0.25) is 5.91 Å². The van der Waals surface area contributed by atoms with E-state index in [0.29, 0.717) is 14.9 Å². The number of thiocarbonyl (C=S) groups is 1. The van der Waals surface area contributed by atoms with Gasteiger partial charge in [0.1, 0.15) is 10.4 Å². The number of hydrogen-bond donors (Lipinski definition) is 1. The standard InChI is InChI=1S/C18H16N2O2S3/c1-11-5-3-6-13(9-11)19-16(21)12(2)20-17(22)15(25-18(20)23)10-14-7-4-8-24-14/h3-10,12H,1-2H3,(H,19,21)/b15-10-. The zero-order chi connectivity index (χ0) is 18.0. The summed E-state index contributed by atoms with van der Waals surface area (Å²) in [4.78, 5) is 28.1. The van der Waals surface area contributed by atoms with E-state index in [0.717, 1.165) is 10.4 Å². The van der Waals surface area contributed by atoms with E-state index >= 15 is 0 Å². The van der Waals surface area contributed by atoms with Crippen molar-refractivity contribution in [2.75, 3.05) is 5.32 Å². The van der Waals surface area contributed by atoms with E-state index in [1.807, 2.05) is 54.8 Å². The highest BCUT2D eigenvalue weighted by atomic mass is 32.2. The average Bonchev–Trinajstić information content (AvgIpc) is 3.16. The molecule has 0 radical (unpaired) electrons. The van der Waals surface area contributed by atoms with Crippen LogP contribution in [0.3, 0.4) is 0 Å². The zero-order valence-corrected chi connectivity index (χ0v) is 16.1. The van der Waals surface area contributed by atoms with Crippen LogP contribution in [-0.2, 0) is 9.59 Å². The predicted octanol–water partition coefficient (Wildman–Crippen LogP) is 4.28. The summed E-state index contributed by atoms with van der Waals surface area (Å²) < 4.78 is 0.402. The molecule has 4 nitrogen and oxygen atoms in total. The van der Waals surface area contributed by atoms with E-state index in [2.05, 4.69) is 5.32 Å². The summed E-state index contributed by atoms with van der Waals surface area (Å²) in [5.74, 6) is -0.491. The molecule has 2 heterocycles. The number of thiophene rings is 1. The predicted molar refractivity (Wildman–Crippen MR) is 109 cm³/mol. The van der Waals surface area contributed by atoms with Crippen molar-refractivity contribution < 1.29 is 9.59 Å². The van der Waals surface area contributed by atoms with Crippen LogP contribution < -0.4 is 5.32 Å². The van der Waals surface area contributed by atoms with Gasteiger partial charge in [0.15, 0.2) is 0 Å². The van der Waals surface area contributed by atoms with Crippen molar-refractivity contribution in [3.8, 4) is 0 Å². The number of hydrogen-bond acceptors (Lipinski definition) is 5. The van der Waals surface area contributed by atoms with E-state index in [9.17, 15) is 9.59 Å². The van der Waals surface area contributed by atoms with Crippen LogP contribution in [0.4, 0.5) is 5.69 Å². The second-order valence-electron chi connectivity index (χ2n) is 5.60. The van der Waals surface area contributed by atoms with Crippen LogP contribution in [0.5, 0.6) is 0 Å². The third kappa shape index (κ3) is 4.00. The summed E-state index contributed by atoms with van der Waals surface area (Å²) in [6, 6.07) is 10.7. The Labute approximate surface area is 159 Å². The van der Waals surface area contributed by atoms with Crippen molar-refractivity contribution in [1.82, 2.24) is 4.90 Å². The molecule has 1 aromatic heterocycles. The molecule has 1 atom stereocenters. The summed E-state index contributed by atoms with van der Waals surface area (Å²) in [6.45, 7) is 3.64. The Bertz CT molecular complexity index is 859. The van der Waals surface area contributed by atoms with Gasteiger partial charge in [0.05, 0.1) is 4.91 Å². The van der Waals surface area contributed by atoms with Gasteiger partial charge in [-0.25, -0.2) is 0 Å². The summed E-state index contributed by atoms with van der Waals surface area (Å²) in [5.41, 5.74) is 1.76. The van der Waals surface area contributed by atoms with Crippen molar-refractivity contribution in [2.45, 2.75) is 19.9 Å². The molecule has 1 aromatic carbocycles. The number of anilines is 1. The normalized spacial score (nSPS) is 17.2. The van der Waals surface area contributed by atoms with Gasteiger partial charge < -0.3 is 5.32 Å². The average molecular weight is 389 g/mol. The van der Waals surface area contributed by atoms with Crippen LogP contribution in [-0.4, -0.2) is 27.1 Å². The first-order chi connectivity index (χ1) is 12.0. The van der Waals surface area contributed by atoms with Gasteiger partial charge in [-0.15, -0.1) is 11.3 Å². The first-order valence-corrected chi connectivity index (χ1v) is 9.74. The summed E-state index contributed by atoms with van der Waals surface area (Å²) in [6.07, 6.45) is 1.81. The van der Waals surface area contributed by atoms with E-state index in [1.54, 1.807) is 18.3 Å². The number of aryl methyl sites for hydroxylation is 1. The van der Waals surface area contributed by atoms with Crippen molar-refractivity contribution in [3.63, 3.8) is 0 Å². The van der Waals surface area contributed by atoms with Gasteiger partial charge in [-0.2, -0.15) is 0 Å². The number of carbonyl (C=O) groups is 2. The second kappa shape index (κ2) is 7.51. The van der Waals surface area contributed by atoms with Crippen LogP contribution >= 0.6 is 35.3 Å². The highest BCUT2D eigenvalue weighted by Gasteiger charge is 2.38. The number of rotatable bonds is 4. The van der Waals surface area contributed by atoms with Crippen LogP contribution in [0.1, 0.15) is 17.4 Å². The molecule has 3 rings (SSSR count). The van der Waals surface area contributed by atoms with Crippen LogP contribution in [0.15, 0.2) is 46.7 Å². The maximum atomic E-state index is 12.7. The Balaban J connectivity index is 1.75. The topological polar surface area (TPSA) is 49.4 Å². The molecule has 1 unspecified atom stereocenters. The Kier molecular flexibility index (Phi) is 5.36. The number of nitrogens with zero attached hydrogens (tertiary/aromatic N) is 1. The zero-order valence-electron chi connectivity index (χ0n) is 13.7. The van der Waals surface area contributed by atoms with E-state index in [-0.39, 0.29) is 11.8 Å². The Morgan fingerprint density at radius 1 is 1.32 bits per heavy atom. The van der Waals surface area contributed by atoms with E-state index in [4.69, 9.17) is 12.2 Å². The molecule has 1 fully saturated rings. The Morgan fingerprint density at radius 2 is 2.12 bits per heavy atom. The molecule has 2 amide bonds. The monoisotopic (exact) mass is 388 g/mol. The first-order valence-electron chi connectivity index (χ1n) is 7.64. The lowest BCUT2D eigenvalue weighted by molar-refractivity contribution is -0.129. The maximum Gasteiger partial charge on any atom is 0.266 e.